The number of rotatable bonds is 8. The smallest absolute Gasteiger partial charge is 0.251 e. The molecule has 7 nitrogen and oxygen atoms in total. The molecule has 198 valence electrons. The number of anilines is 2. The van der Waals surface area contributed by atoms with Crippen molar-refractivity contribution in [2.24, 2.45) is 0 Å². The number of hydrogen-bond acceptors (Lipinski definition) is 5. The van der Waals surface area contributed by atoms with Gasteiger partial charge in [0.1, 0.15) is 0 Å². The van der Waals surface area contributed by atoms with E-state index in [-0.39, 0.29) is 23.9 Å². The van der Waals surface area contributed by atoms with Gasteiger partial charge in [0.15, 0.2) is 11.5 Å². The zero-order valence-corrected chi connectivity index (χ0v) is 22.5. The Morgan fingerprint density at radius 3 is 2.18 bits per heavy atom. The van der Waals surface area contributed by atoms with Gasteiger partial charge in [-0.1, -0.05) is 43.3 Å². The Bertz CT molecular complexity index is 1300. The molecule has 38 heavy (non-hydrogen) atoms. The van der Waals surface area contributed by atoms with Gasteiger partial charge < -0.3 is 24.0 Å². The number of nitrogens with zero attached hydrogens (tertiary/aromatic N) is 2. The lowest BCUT2D eigenvalue weighted by atomic mass is 9.89. The molecule has 0 aliphatic carbocycles. The summed E-state index contributed by atoms with van der Waals surface area (Å²) in [5, 5.41) is 0. The summed E-state index contributed by atoms with van der Waals surface area (Å²) in [6, 6.07) is 20.8. The number of methoxy groups -OCH3 is 3. The van der Waals surface area contributed by atoms with E-state index >= 15 is 0 Å². The summed E-state index contributed by atoms with van der Waals surface area (Å²) in [5.74, 6) is 1.42. The lowest BCUT2D eigenvalue weighted by Crippen LogP contribution is -2.47. The molecule has 2 amide bonds. The van der Waals surface area contributed by atoms with Crippen LogP contribution < -0.4 is 24.0 Å². The first-order valence-corrected chi connectivity index (χ1v) is 12.7. The molecule has 3 aromatic rings. The topological polar surface area (TPSA) is 68.3 Å². The van der Waals surface area contributed by atoms with Crippen LogP contribution in [0.4, 0.5) is 11.4 Å². The van der Waals surface area contributed by atoms with Crippen LogP contribution in [0.1, 0.15) is 43.9 Å². The van der Waals surface area contributed by atoms with Gasteiger partial charge in [0.05, 0.1) is 27.4 Å². The normalized spacial score (nSPS) is 16.6. The molecule has 4 rings (SSSR count). The Hall–Kier alpha value is -4.26. The first-order valence-electron chi connectivity index (χ1n) is 12.7. The van der Waals surface area contributed by atoms with Crippen LogP contribution in [0.2, 0.25) is 0 Å². The summed E-state index contributed by atoms with van der Waals surface area (Å²) in [6.07, 6.45) is 4.30. The highest BCUT2D eigenvalue weighted by molar-refractivity contribution is 6.05. The molecule has 2 atom stereocenters. The van der Waals surface area contributed by atoms with E-state index in [1.807, 2.05) is 73.3 Å². The molecule has 0 spiro atoms. The SMILES string of the molecule is CCC(=O)N(c1ccccc1)[C@H]1C[C@@H](C)N(C(=O)/C=C/c2cc(OC)c(OC)c(OC)c2)c2ccccc21. The van der Waals surface area contributed by atoms with E-state index in [0.29, 0.717) is 30.1 Å². The van der Waals surface area contributed by atoms with Gasteiger partial charge in [-0.05, 0) is 60.9 Å². The van der Waals surface area contributed by atoms with Gasteiger partial charge in [0, 0.05) is 29.9 Å². The predicted octanol–water partition coefficient (Wildman–Crippen LogP) is 6.04. The van der Waals surface area contributed by atoms with Gasteiger partial charge in [-0.2, -0.15) is 0 Å². The molecule has 7 heteroatoms. The summed E-state index contributed by atoms with van der Waals surface area (Å²) >= 11 is 0. The molecule has 0 fully saturated rings. The minimum atomic E-state index is -0.181. The third-order valence-corrected chi connectivity index (χ3v) is 6.82. The van der Waals surface area contributed by atoms with Crippen molar-refractivity contribution in [3.05, 3.63) is 83.9 Å². The molecular weight excluding hydrogens is 480 g/mol. The van der Waals surface area contributed by atoms with Gasteiger partial charge in [0.2, 0.25) is 11.7 Å². The average molecular weight is 515 g/mol. The van der Waals surface area contributed by atoms with Crippen LogP contribution in [0.3, 0.4) is 0 Å². The van der Waals surface area contributed by atoms with Crippen LogP contribution in [0.15, 0.2) is 72.8 Å². The van der Waals surface area contributed by atoms with E-state index in [2.05, 4.69) is 0 Å². The van der Waals surface area contributed by atoms with Gasteiger partial charge >= 0.3 is 0 Å². The third kappa shape index (κ3) is 5.23. The molecule has 1 aliphatic rings. The molecule has 1 heterocycles. The fourth-order valence-electron chi connectivity index (χ4n) is 5.06. The van der Waals surface area contributed by atoms with E-state index in [9.17, 15) is 9.59 Å². The number of carbonyl (C=O) groups is 2. The zero-order chi connectivity index (χ0) is 27.2. The average Bonchev–Trinajstić information content (AvgIpc) is 2.95. The second kappa shape index (κ2) is 11.9. The van der Waals surface area contributed by atoms with Crippen molar-refractivity contribution in [3.63, 3.8) is 0 Å². The van der Waals surface area contributed by atoms with E-state index in [4.69, 9.17) is 14.2 Å². The minimum absolute atomic E-state index is 0.0466. The van der Waals surface area contributed by atoms with E-state index in [1.54, 1.807) is 50.5 Å². The maximum Gasteiger partial charge on any atom is 0.251 e. The van der Waals surface area contributed by atoms with Crippen LogP contribution in [0.25, 0.3) is 6.08 Å². The molecule has 0 N–H and O–H groups in total. The van der Waals surface area contributed by atoms with Gasteiger partial charge in [0.25, 0.3) is 5.91 Å². The van der Waals surface area contributed by atoms with Crippen LogP contribution in [-0.2, 0) is 9.59 Å². The molecule has 0 saturated carbocycles. The second-order valence-electron chi connectivity index (χ2n) is 9.11. The summed E-state index contributed by atoms with van der Waals surface area (Å²) in [4.78, 5) is 30.4. The fraction of sp³-hybridized carbons (Fsp3) is 0.290. The third-order valence-electron chi connectivity index (χ3n) is 6.82. The van der Waals surface area contributed by atoms with Gasteiger partial charge in [-0.15, -0.1) is 0 Å². The number of benzene rings is 3. The highest BCUT2D eigenvalue weighted by Gasteiger charge is 2.37. The first kappa shape index (κ1) is 26.8. The van der Waals surface area contributed by atoms with Crippen LogP contribution in [-0.4, -0.2) is 39.2 Å². The highest BCUT2D eigenvalue weighted by atomic mass is 16.5. The lowest BCUT2D eigenvalue weighted by molar-refractivity contribution is -0.118. The molecule has 0 bridgehead atoms. The molecule has 0 saturated heterocycles. The Kier molecular flexibility index (Phi) is 8.36. The molecule has 0 radical (unpaired) electrons. The molecule has 0 aromatic heterocycles. The number of ether oxygens (including phenoxy) is 3. The van der Waals surface area contributed by atoms with Gasteiger partial charge in [-0.25, -0.2) is 0 Å². The van der Waals surface area contributed by atoms with Gasteiger partial charge in [-0.3, -0.25) is 9.59 Å². The number of carbonyl (C=O) groups excluding carboxylic acids is 2. The second-order valence-corrected chi connectivity index (χ2v) is 9.11. The Morgan fingerprint density at radius 2 is 1.58 bits per heavy atom. The summed E-state index contributed by atoms with van der Waals surface area (Å²) in [7, 11) is 4.66. The standard InChI is InChI=1S/C31H34N2O5/c1-6-29(34)33(23-12-8-7-9-13-23)26-18-21(2)32(25-15-11-10-14-24(25)26)30(35)17-16-22-19-27(36-3)31(38-5)28(20-22)37-4/h7-17,19-21,26H,6,18H2,1-5H3/b17-16+/t21-,26+/m1/s1. The summed E-state index contributed by atoms with van der Waals surface area (Å²) in [6.45, 7) is 3.90. The summed E-state index contributed by atoms with van der Waals surface area (Å²) in [5.41, 5.74) is 3.35. The van der Waals surface area contributed by atoms with Crippen molar-refractivity contribution < 1.29 is 23.8 Å². The highest BCUT2D eigenvalue weighted by Crippen LogP contribution is 2.43. The minimum Gasteiger partial charge on any atom is -0.493 e. The molecule has 0 unspecified atom stereocenters. The lowest BCUT2D eigenvalue weighted by Gasteiger charge is -2.43. The molecule has 3 aromatic carbocycles. The van der Waals surface area contributed by atoms with Crippen molar-refractivity contribution in [1.29, 1.82) is 0 Å². The largest absolute Gasteiger partial charge is 0.493 e. The number of para-hydroxylation sites is 2. The Balaban J connectivity index is 1.69. The van der Waals surface area contributed by atoms with Crippen LogP contribution in [0.5, 0.6) is 17.2 Å². The molecular formula is C31H34N2O5. The van der Waals surface area contributed by atoms with Crippen molar-refractivity contribution in [2.75, 3.05) is 31.1 Å². The number of hydrogen-bond donors (Lipinski definition) is 0. The van der Waals surface area contributed by atoms with Crippen molar-refractivity contribution in [3.8, 4) is 17.2 Å². The molecule has 1 aliphatic heterocycles. The monoisotopic (exact) mass is 514 g/mol. The quantitative estimate of drug-likeness (QED) is 0.343. The predicted molar refractivity (Wildman–Crippen MR) is 150 cm³/mol. The van der Waals surface area contributed by atoms with Crippen molar-refractivity contribution >= 4 is 29.3 Å². The van der Waals surface area contributed by atoms with E-state index < -0.39 is 0 Å². The Labute approximate surface area is 224 Å². The summed E-state index contributed by atoms with van der Waals surface area (Å²) < 4.78 is 16.3. The fourth-order valence-corrected chi connectivity index (χ4v) is 5.06. The van der Waals surface area contributed by atoms with Crippen LogP contribution in [0, 0.1) is 0 Å². The van der Waals surface area contributed by atoms with E-state index in [0.717, 1.165) is 22.5 Å². The number of amides is 2. The maximum absolute atomic E-state index is 13.6. The van der Waals surface area contributed by atoms with Crippen molar-refractivity contribution in [2.45, 2.75) is 38.8 Å². The Morgan fingerprint density at radius 1 is 0.947 bits per heavy atom. The first-order chi connectivity index (χ1) is 18.4. The van der Waals surface area contributed by atoms with Crippen LogP contribution >= 0.6 is 0 Å². The maximum atomic E-state index is 13.6. The number of fused-ring (bicyclic) bond motifs is 1. The van der Waals surface area contributed by atoms with Crippen molar-refractivity contribution in [1.82, 2.24) is 0 Å². The van der Waals surface area contributed by atoms with E-state index in [1.165, 1.54) is 0 Å². The zero-order valence-electron chi connectivity index (χ0n) is 22.5.